The molecule has 0 spiro atoms. The molecule has 0 amide bonds. The van der Waals surface area contributed by atoms with Crippen LogP contribution in [-0.2, 0) is 0 Å². The number of aromatic amines is 1. The Labute approximate surface area is 168 Å². The van der Waals surface area contributed by atoms with Crippen LogP contribution in [-0.4, -0.2) is 52.8 Å². The van der Waals surface area contributed by atoms with Crippen molar-refractivity contribution in [2.45, 2.75) is 12.5 Å². The molecule has 7 heteroatoms. The molecule has 0 saturated carbocycles. The molecule has 3 heterocycles. The maximum atomic E-state index is 12.8. The summed E-state index contributed by atoms with van der Waals surface area (Å²) in [5.74, 6) is 6.59. The van der Waals surface area contributed by atoms with Gasteiger partial charge in [0.15, 0.2) is 0 Å². The number of anilines is 1. The van der Waals surface area contributed by atoms with Gasteiger partial charge in [-0.3, -0.25) is 4.79 Å². The molecule has 29 heavy (non-hydrogen) atoms. The van der Waals surface area contributed by atoms with Crippen molar-refractivity contribution < 1.29 is 0 Å². The van der Waals surface area contributed by atoms with Crippen LogP contribution < -0.4 is 16.3 Å². The fraction of sp³-hybridized carbons (Fsp3) is 0.273. The number of nitrogens with zero attached hydrogens (tertiary/aromatic N) is 4. The number of para-hydroxylation sites is 1. The molecular formula is C22H24N6O. The molecule has 2 aromatic heterocycles. The van der Waals surface area contributed by atoms with Gasteiger partial charge in [-0.15, -0.1) is 0 Å². The molecule has 1 fully saturated rings. The molecule has 3 N–H and O–H groups in total. The van der Waals surface area contributed by atoms with Gasteiger partial charge in [0.1, 0.15) is 5.82 Å². The molecule has 148 valence electrons. The Balaban J connectivity index is 1.55. The summed E-state index contributed by atoms with van der Waals surface area (Å²) in [6.07, 6.45) is 1.16. The normalized spacial score (nSPS) is 17.1. The number of H-pyrrole nitrogens is 1. The molecule has 1 unspecified atom stereocenters. The smallest absolute Gasteiger partial charge is 0.280 e. The molecule has 4 aromatic rings. The standard InChI is InChI=1S/C22H24N6O/c1-26(2)16-9-10-27(13-16)15-7-8-18-19(12-15)25-21(24-18)17-11-14-5-3-4-6-20(14)28(23)22(17)29/h3-8,11-12,16H,9-10,13,23H2,1-2H3,(H,24,25). The maximum absolute atomic E-state index is 12.8. The third-order valence-corrected chi connectivity index (χ3v) is 5.92. The topological polar surface area (TPSA) is 83.2 Å². The van der Waals surface area contributed by atoms with Crippen LogP contribution in [0.15, 0.2) is 53.3 Å². The second kappa shape index (κ2) is 6.63. The van der Waals surface area contributed by atoms with Gasteiger partial charge in [-0.1, -0.05) is 18.2 Å². The molecule has 1 aliphatic heterocycles. The van der Waals surface area contributed by atoms with E-state index in [1.807, 2.05) is 36.4 Å². The van der Waals surface area contributed by atoms with E-state index in [2.05, 4.69) is 46.0 Å². The van der Waals surface area contributed by atoms with E-state index >= 15 is 0 Å². The Morgan fingerprint density at radius 1 is 1.17 bits per heavy atom. The van der Waals surface area contributed by atoms with E-state index < -0.39 is 0 Å². The van der Waals surface area contributed by atoms with Crippen molar-refractivity contribution in [1.82, 2.24) is 19.5 Å². The minimum absolute atomic E-state index is 0.267. The van der Waals surface area contributed by atoms with Gasteiger partial charge >= 0.3 is 0 Å². The van der Waals surface area contributed by atoms with Crippen LogP contribution in [0.5, 0.6) is 0 Å². The first-order valence-corrected chi connectivity index (χ1v) is 9.82. The Morgan fingerprint density at radius 3 is 2.79 bits per heavy atom. The lowest BCUT2D eigenvalue weighted by Crippen LogP contribution is -2.31. The van der Waals surface area contributed by atoms with Crippen LogP contribution in [0, 0.1) is 0 Å². The molecule has 0 aliphatic carbocycles. The van der Waals surface area contributed by atoms with Crippen molar-refractivity contribution in [3.63, 3.8) is 0 Å². The number of benzene rings is 2. The number of nitrogen functional groups attached to an aromatic ring is 1. The quantitative estimate of drug-likeness (QED) is 0.527. The molecular weight excluding hydrogens is 364 g/mol. The lowest BCUT2D eigenvalue weighted by molar-refractivity contribution is 0.315. The van der Waals surface area contributed by atoms with E-state index in [1.165, 1.54) is 10.4 Å². The Morgan fingerprint density at radius 2 is 2.00 bits per heavy atom. The van der Waals surface area contributed by atoms with E-state index in [0.717, 1.165) is 35.9 Å². The van der Waals surface area contributed by atoms with Crippen molar-refractivity contribution in [2.75, 3.05) is 37.9 Å². The molecule has 2 aromatic carbocycles. The van der Waals surface area contributed by atoms with Crippen molar-refractivity contribution in [3.05, 3.63) is 58.9 Å². The first-order chi connectivity index (χ1) is 14.0. The zero-order chi connectivity index (χ0) is 20.1. The van der Waals surface area contributed by atoms with Gasteiger partial charge in [-0.05, 0) is 50.8 Å². The number of likely N-dealkylation sites (N-methyl/N-ethyl adjacent to an activating group) is 1. The van der Waals surface area contributed by atoms with E-state index in [9.17, 15) is 4.79 Å². The minimum Gasteiger partial charge on any atom is -0.370 e. The van der Waals surface area contributed by atoms with Crippen LogP contribution in [0.3, 0.4) is 0 Å². The average Bonchev–Trinajstić information content (AvgIpc) is 3.37. The number of aromatic nitrogens is 3. The van der Waals surface area contributed by atoms with E-state index in [1.54, 1.807) is 0 Å². The second-order valence-electron chi connectivity index (χ2n) is 7.93. The summed E-state index contributed by atoms with van der Waals surface area (Å²) in [6, 6.07) is 16.2. The number of pyridine rings is 1. The maximum Gasteiger partial charge on any atom is 0.280 e. The van der Waals surface area contributed by atoms with E-state index in [0.29, 0.717) is 22.9 Å². The fourth-order valence-electron chi connectivity index (χ4n) is 4.17. The highest BCUT2D eigenvalue weighted by molar-refractivity contribution is 5.86. The van der Waals surface area contributed by atoms with E-state index in [-0.39, 0.29) is 5.56 Å². The second-order valence-corrected chi connectivity index (χ2v) is 7.93. The number of rotatable bonds is 3. The predicted octanol–water partition coefficient (Wildman–Crippen LogP) is 2.40. The Bertz CT molecular complexity index is 1270. The van der Waals surface area contributed by atoms with Crippen molar-refractivity contribution in [3.8, 4) is 11.4 Å². The average molecular weight is 388 g/mol. The first kappa shape index (κ1) is 17.8. The third-order valence-electron chi connectivity index (χ3n) is 5.92. The van der Waals surface area contributed by atoms with E-state index in [4.69, 9.17) is 5.84 Å². The van der Waals surface area contributed by atoms with Crippen LogP contribution >= 0.6 is 0 Å². The monoisotopic (exact) mass is 388 g/mol. The lowest BCUT2D eigenvalue weighted by atomic mass is 10.1. The highest BCUT2D eigenvalue weighted by Crippen LogP contribution is 2.27. The fourth-order valence-corrected chi connectivity index (χ4v) is 4.17. The zero-order valence-electron chi connectivity index (χ0n) is 16.6. The highest BCUT2D eigenvalue weighted by Gasteiger charge is 2.24. The van der Waals surface area contributed by atoms with Gasteiger partial charge in [0.25, 0.3) is 5.56 Å². The summed E-state index contributed by atoms with van der Waals surface area (Å²) in [5, 5.41) is 0.900. The molecule has 1 atom stereocenters. The summed E-state index contributed by atoms with van der Waals surface area (Å²) >= 11 is 0. The summed E-state index contributed by atoms with van der Waals surface area (Å²) in [6.45, 7) is 2.06. The van der Waals surface area contributed by atoms with Crippen molar-refractivity contribution >= 4 is 27.6 Å². The van der Waals surface area contributed by atoms with Gasteiger partial charge in [0.2, 0.25) is 0 Å². The largest absolute Gasteiger partial charge is 0.370 e. The summed E-state index contributed by atoms with van der Waals surface area (Å²) in [4.78, 5) is 25.5. The summed E-state index contributed by atoms with van der Waals surface area (Å²) in [7, 11) is 4.26. The first-order valence-electron chi connectivity index (χ1n) is 9.82. The van der Waals surface area contributed by atoms with Crippen LogP contribution in [0.4, 0.5) is 5.69 Å². The number of imidazole rings is 1. The van der Waals surface area contributed by atoms with Crippen LogP contribution in [0.1, 0.15) is 6.42 Å². The summed E-state index contributed by atoms with van der Waals surface area (Å²) < 4.78 is 1.19. The molecule has 1 aliphatic rings. The number of hydrogen-bond donors (Lipinski definition) is 2. The van der Waals surface area contributed by atoms with Crippen LogP contribution in [0.2, 0.25) is 0 Å². The highest BCUT2D eigenvalue weighted by atomic mass is 16.1. The summed E-state index contributed by atoms with van der Waals surface area (Å²) in [5.41, 5.74) is 3.83. The SMILES string of the molecule is CN(C)C1CCN(c2ccc3nc(-c4cc5ccccc5n(N)c4=O)[nH]c3c2)C1. The Hall–Kier alpha value is -3.32. The predicted molar refractivity (Wildman–Crippen MR) is 118 cm³/mol. The van der Waals surface area contributed by atoms with Crippen molar-refractivity contribution in [2.24, 2.45) is 0 Å². The van der Waals surface area contributed by atoms with Gasteiger partial charge in [0.05, 0.1) is 22.1 Å². The zero-order valence-corrected chi connectivity index (χ0v) is 16.6. The van der Waals surface area contributed by atoms with Crippen LogP contribution in [0.25, 0.3) is 33.3 Å². The van der Waals surface area contributed by atoms with Gasteiger partial charge < -0.3 is 20.6 Å². The molecule has 1 saturated heterocycles. The third kappa shape index (κ3) is 2.94. The molecule has 0 radical (unpaired) electrons. The molecule has 0 bridgehead atoms. The molecule has 7 nitrogen and oxygen atoms in total. The number of nitrogens with two attached hydrogens (primary N) is 1. The Kier molecular flexibility index (Phi) is 4.06. The van der Waals surface area contributed by atoms with Gasteiger partial charge in [-0.2, -0.15) is 0 Å². The van der Waals surface area contributed by atoms with Crippen molar-refractivity contribution in [1.29, 1.82) is 0 Å². The lowest BCUT2D eigenvalue weighted by Gasteiger charge is -2.21. The number of hydrogen-bond acceptors (Lipinski definition) is 5. The van der Waals surface area contributed by atoms with Gasteiger partial charge in [0, 0.05) is 30.2 Å². The van der Waals surface area contributed by atoms with Gasteiger partial charge in [-0.25, -0.2) is 9.66 Å². The molecule has 5 rings (SSSR count). The minimum atomic E-state index is -0.267. The number of fused-ring (bicyclic) bond motifs is 2. The number of nitrogens with one attached hydrogen (secondary N) is 1.